The van der Waals surface area contributed by atoms with Crippen molar-refractivity contribution in [2.24, 2.45) is 0 Å². The topological polar surface area (TPSA) is 57.0 Å². The van der Waals surface area contributed by atoms with Crippen LogP contribution in [-0.2, 0) is 0 Å². The molecule has 1 aromatic heterocycles. The van der Waals surface area contributed by atoms with Gasteiger partial charge in [-0.15, -0.1) is 0 Å². The minimum atomic E-state index is -0.254. The van der Waals surface area contributed by atoms with E-state index in [1.54, 1.807) is 7.05 Å². The Hall–Kier alpha value is -2.19. The summed E-state index contributed by atoms with van der Waals surface area (Å²) in [7, 11) is 1.69. The number of hydrogen-bond donors (Lipinski definition) is 0. The number of nitrogens with zero attached hydrogens (tertiary/aromatic N) is 3. The number of benzene rings is 1. The van der Waals surface area contributed by atoms with Gasteiger partial charge in [0.05, 0.1) is 11.1 Å². The van der Waals surface area contributed by atoms with E-state index in [9.17, 15) is 4.79 Å². The molecule has 2 aromatic rings. The summed E-state index contributed by atoms with van der Waals surface area (Å²) in [6.07, 6.45) is 2.92. The molecule has 0 aliphatic carbocycles. The molecule has 0 spiro atoms. The van der Waals surface area contributed by atoms with Gasteiger partial charge in [0.2, 0.25) is 0 Å². The van der Waals surface area contributed by atoms with Crippen molar-refractivity contribution in [1.29, 1.82) is 5.26 Å². The summed E-state index contributed by atoms with van der Waals surface area (Å²) >= 11 is 3.40. The largest absolute Gasteiger partial charge is 0.311 e. The van der Waals surface area contributed by atoms with Crippen LogP contribution in [0.3, 0.4) is 0 Å². The quantitative estimate of drug-likeness (QED) is 0.849. The normalized spacial score (nSPS) is 9.90. The monoisotopic (exact) mass is 329 g/mol. The van der Waals surface area contributed by atoms with Gasteiger partial charge in [0.15, 0.2) is 0 Å². The summed E-state index contributed by atoms with van der Waals surface area (Å²) < 4.78 is 0.893. The Bertz CT molecular complexity index is 707. The first-order valence-electron chi connectivity index (χ1n) is 5.93. The summed E-state index contributed by atoms with van der Waals surface area (Å²) in [6, 6.07) is 9.27. The minimum Gasteiger partial charge on any atom is -0.311 e. The molecule has 100 valence electrons. The smallest absolute Gasteiger partial charge is 0.260 e. The van der Waals surface area contributed by atoms with E-state index >= 15 is 0 Å². The third kappa shape index (κ3) is 2.70. The van der Waals surface area contributed by atoms with Crippen LogP contribution in [0.15, 0.2) is 41.1 Å². The van der Waals surface area contributed by atoms with Crippen LogP contribution in [-0.4, -0.2) is 17.9 Å². The van der Waals surface area contributed by atoms with Crippen molar-refractivity contribution in [2.45, 2.75) is 6.92 Å². The summed E-state index contributed by atoms with van der Waals surface area (Å²) in [6.45, 7) is 1.93. The SMILES string of the molecule is Cc1ccc(Br)cc1N(C)C(=O)c1cnccc1C#N. The lowest BCUT2D eigenvalue weighted by Gasteiger charge is -2.20. The number of pyridine rings is 1. The lowest BCUT2D eigenvalue weighted by molar-refractivity contribution is 0.0992. The molecular weight excluding hydrogens is 318 g/mol. The Morgan fingerprint density at radius 2 is 2.15 bits per heavy atom. The van der Waals surface area contributed by atoms with Crippen LogP contribution in [0.2, 0.25) is 0 Å². The van der Waals surface area contributed by atoms with Gasteiger partial charge < -0.3 is 4.90 Å². The second kappa shape index (κ2) is 5.85. The Morgan fingerprint density at radius 1 is 1.40 bits per heavy atom. The number of carbonyl (C=O) groups excluding carboxylic acids is 1. The van der Waals surface area contributed by atoms with Gasteiger partial charge in [-0.3, -0.25) is 9.78 Å². The molecule has 0 aliphatic heterocycles. The zero-order valence-corrected chi connectivity index (χ0v) is 12.7. The second-order valence-corrected chi connectivity index (χ2v) is 5.24. The third-order valence-electron chi connectivity index (χ3n) is 3.01. The van der Waals surface area contributed by atoms with E-state index in [-0.39, 0.29) is 5.91 Å². The van der Waals surface area contributed by atoms with Crippen molar-refractivity contribution >= 4 is 27.5 Å². The van der Waals surface area contributed by atoms with Gasteiger partial charge in [-0.25, -0.2) is 0 Å². The predicted octanol–water partition coefficient (Wildman–Crippen LogP) is 3.30. The lowest BCUT2D eigenvalue weighted by atomic mass is 10.1. The van der Waals surface area contributed by atoms with E-state index < -0.39 is 0 Å². The summed E-state index contributed by atoms with van der Waals surface area (Å²) in [5, 5.41) is 9.06. The number of carbonyl (C=O) groups is 1. The molecule has 1 aromatic carbocycles. The molecule has 1 amide bonds. The Kier molecular flexibility index (Phi) is 4.16. The Balaban J connectivity index is 2.43. The molecule has 0 saturated carbocycles. The van der Waals surface area contributed by atoms with E-state index in [4.69, 9.17) is 5.26 Å². The maximum Gasteiger partial charge on any atom is 0.260 e. The van der Waals surface area contributed by atoms with Gasteiger partial charge in [0.1, 0.15) is 6.07 Å². The van der Waals surface area contributed by atoms with Crippen molar-refractivity contribution in [3.05, 3.63) is 57.8 Å². The molecular formula is C15H12BrN3O. The second-order valence-electron chi connectivity index (χ2n) is 4.33. The molecule has 0 unspecified atom stereocenters. The van der Waals surface area contributed by atoms with Crippen LogP contribution >= 0.6 is 15.9 Å². The highest BCUT2D eigenvalue weighted by Crippen LogP contribution is 2.25. The van der Waals surface area contributed by atoms with Crippen LogP contribution in [0.4, 0.5) is 5.69 Å². The number of nitriles is 1. The lowest BCUT2D eigenvalue weighted by Crippen LogP contribution is -2.27. The number of anilines is 1. The average Bonchev–Trinajstić information content (AvgIpc) is 2.48. The number of aryl methyl sites for hydroxylation is 1. The van der Waals surface area contributed by atoms with E-state index in [0.717, 1.165) is 15.7 Å². The fourth-order valence-electron chi connectivity index (χ4n) is 1.90. The minimum absolute atomic E-state index is 0.254. The van der Waals surface area contributed by atoms with Gasteiger partial charge in [-0.2, -0.15) is 5.26 Å². The molecule has 1 heterocycles. The van der Waals surface area contributed by atoms with Crippen LogP contribution < -0.4 is 4.90 Å². The van der Waals surface area contributed by atoms with Gasteiger partial charge in [0, 0.05) is 29.6 Å². The highest BCUT2D eigenvalue weighted by molar-refractivity contribution is 9.10. The first-order chi connectivity index (χ1) is 9.54. The number of hydrogen-bond acceptors (Lipinski definition) is 3. The standard InChI is InChI=1S/C15H12BrN3O/c1-10-3-4-12(16)7-14(10)19(2)15(20)13-9-18-6-5-11(13)8-17/h3-7,9H,1-2H3. The zero-order chi connectivity index (χ0) is 14.7. The zero-order valence-electron chi connectivity index (χ0n) is 11.1. The van der Waals surface area contributed by atoms with E-state index in [1.165, 1.54) is 23.4 Å². The average molecular weight is 330 g/mol. The van der Waals surface area contributed by atoms with Crippen molar-refractivity contribution in [1.82, 2.24) is 4.98 Å². The molecule has 4 nitrogen and oxygen atoms in total. The number of halogens is 1. The van der Waals surface area contributed by atoms with Crippen molar-refractivity contribution in [3.8, 4) is 6.07 Å². The Morgan fingerprint density at radius 3 is 2.85 bits per heavy atom. The maximum atomic E-state index is 12.5. The van der Waals surface area contributed by atoms with E-state index in [1.807, 2.05) is 31.2 Å². The Labute approximate surface area is 125 Å². The first kappa shape index (κ1) is 14.2. The molecule has 0 N–H and O–H groups in total. The van der Waals surface area contributed by atoms with Crippen LogP contribution in [0.1, 0.15) is 21.5 Å². The third-order valence-corrected chi connectivity index (χ3v) is 3.50. The molecule has 0 saturated heterocycles. The van der Waals surface area contributed by atoms with Crippen molar-refractivity contribution < 1.29 is 4.79 Å². The molecule has 0 bridgehead atoms. The fourth-order valence-corrected chi connectivity index (χ4v) is 2.25. The summed E-state index contributed by atoms with van der Waals surface area (Å²) in [5.74, 6) is -0.254. The van der Waals surface area contributed by atoms with E-state index in [0.29, 0.717) is 11.1 Å². The molecule has 5 heteroatoms. The molecule has 0 atom stereocenters. The highest BCUT2D eigenvalue weighted by Gasteiger charge is 2.18. The number of amides is 1. The number of rotatable bonds is 2. The number of aromatic nitrogens is 1. The van der Waals surface area contributed by atoms with Gasteiger partial charge in [-0.05, 0) is 30.7 Å². The molecule has 0 fully saturated rings. The maximum absolute atomic E-state index is 12.5. The molecule has 0 radical (unpaired) electrons. The first-order valence-corrected chi connectivity index (χ1v) is 6.72. The van der Waals surface area contributed by atoms with Gasteiger partial charge in [-0.1, -0.05) is 22.0 Å². The van der Waals surface area contributed by atoms with Gasteiger partial charge in [0.25, 0.3) is 5.91 Å². The predicted molar refractivity (Wildman–Crippen MR) is 80.6 cm³/mol. The van der Waals surface area contributed by atoms with Crippen molar-refractivity contribution in [3.63, 3.8) is 0 Å². The summed E-state index contributed by atoms with van der Waals surface area (Å²) in [4.78, 5) is 18.0. The fraction of sp³-hybridized carbons (Fsp3) is 0.133. The summed E-state index contributed by atoms with van der Waals surface area (Å²) in [5.41, 5.74) is 2.39. The van der Waals surface area contributed by atoms with Crippen LogP contribution in [0.5, 0.6) is 0 Å². The highest BCUT2D eigenvalue weighted by atomic mass is 79.9. The van der Waals surface area contributed by atoms with Crippen molar-refractivity contribution in [2.75, 3.05) is 11.9 Å². The molecule has 20 heavy (non-hydrogen) atoms. The van der Waals surface area contributed by atoms with Crippen LogP contribution in [0.25, 0.3) is 0 Å². The molecule has 2 rings (SSSR count). The molecule has 0 aliphatic rings. The van der Waals surface area contributed by atoms with E-state index in [2.05, 4.69) is 20.9 Å². The van der Waals surface area contributed by atoms with Gasteiger partial charge >= 0.3 is 0 Å². The van der Waals surface area contributed by atoms with Crippen LogP contribution in [0, 0.1) is 18.3 Å².